The van der Waals surface area contributed by atoms with Crippen LogP contribution in [0.25, 0.3) is 11.0 Å². The van der Waals surface area contributed by atoms with Crippen LogP contribution < -0.4 is 20.3 Å². The number of rotatable bonds is 5. The summed E-state index contributed by atoms with van der Waals surface area (Å²) in [6, 6.07) is 21.5. The molecule has 1 fully saturated rings. The van der Waals surface area contributed by atoms with Gasteiger partial charge in [-0.05, 0) is 48.5 Å². The third-order valence-corrected chi connectivity index (χ3v) is 5.00. The van der Waals surface area contributed by atoms with Gasteiger partial charge < -0.3 is 20.3 Å². The summed E-state index contributed by atoms with van der Waals surface area (Å²) in [5.74, 6) is 3.23. The minimum atomic E-state index is 0.689. The van der Waals surface area contributed by atoms with Crippen molar-refractivity contribution in [3.63, 3.8) is 0 Å². The highest BCUT2D eigenvalue weighted by atomic mass is 16.5. The summed E-state index contributed by atoms with van der Waals surface area (Å²) < 4.78 is 5.86. The highest BCUT2D eigenvalue weighted by molar-refractivity contribution is 5.88. The summed E-state index contributed by atoms with van der Waals surface area (Å²) >= 11 is 0. The second-order valence-electron chi connectivity index (χ2n) is 7.06. The van der Waals surface area contributed by atoms with Crippen LogP contribution in [0.3, 0.4) is 0 Å². The number of ether oxygens (including phenoxy) is 1. The van der Waals surface area contributed by atoms with Gasteiger partial charge in [0.05, 0.1) is 5.52 Å². The van der Waals surface area contributed by atoms with E-state index in [1.54, 1.807) is 6.33 Å². The van der Waals surface area contributed by atoms with Gasteiger partial charge in [0.2, 0.25) is 0 Å². The molecule has 0 amide bonds. The van der Waals surface area contributed by atoms with Gasteiger partial charge in [-0.15, -0.1) is 0 Å². The first-order chi connectivity index (χ1) is 14.8. The maximum Gasteiger partial charge on any atom is 0.160 e. The number of nitrogens with one attached hydrogen (secondary N) is 2. The van der Waals surface area contributed by atoms with Crippen LogP contribution in [0.4, 0.5) is 17.3 Å². The van der Waals surface area contributed by atoms with Crippen molar-refractivity contribution in [1.82, 2.24) is 20.3 Å². The van der Waals surface area contributed by atoms with Crippen molar-refractivity contribution in [1.29, 1.82) is 0 Å². The van der Waals surface area contributed by atoms with E-state index in [0.29, 0.717) is 5.82 Å². The fraction of sp³-hybridized carbons (Fsp3) is 0.174. The van der Waals surface area contributed by atoms with Gasteiger partial charge in [0.1, 0.15) is 29.2 Å². The fourth-order valence-electron chi connectivity index (χ4n) is 3.46. The van der Waals surface area contributed by atoms with Crippen molar-refractivity contribution in [3.8, 4) is 11.5 Å². The van der Waals surface area contributed by atoms with Gasteiger partial charge in [0.15, 0.2) is 5.82 Å². The molecule has 0 saturated carbocycles. The smallest absolute Gasteiger partial charge is 0.160 e. The number of hydrogen-bond donors (Lipinski definition) is 2. The zero-order chi connectivity index (χ0) is 20.2. The second-order valence-corrected chi connectivity index (χ2v) is 7.06. The number of anilines is 3. The summed E-state index contributed by atoms with van der Waals surface area (Å²) in [5, 5.41) is 6.74. The van der Waals surface area contributed by atoms with Gasteiger partial charge in [-0.1, -0.05) is 18.2 Å². The van der Waals surface area contributed by atoms with Crippen LogP contribution >= 0.6 is 0 Å². The van der Waals surface area contributed by atoms with Crippen LogP contribution in [-0.2, 0) is 0 Å². The van der Waals surface area contributed by atoms with Crippen LogP contribution in [0.5, 0.6) is 11.5 Å². The molecule has 0 radical (unpaired) electrons. The molecule has 0 bridgehead atoms. The Hall–Kier alpha value is -3.71. The number of aromatic nitrogens is 3. The van der Waals surface area contributed by atoms with Crippen molar-refractivity contribution in [2.45, 2.75) is 0 Å². The predicted octanol–water partition coefficient (Wildman–Crippen LogP) is 3.97. The number of hydrogen-bond acceptors (Lipinski definition) is 7. The first kappa shape index (κ1) is 18.3. The minimum absolute atomic E-state index is 0.689. The topological polar surface area (TPSA) is 75.2 Å². The summed E-state index contributed by atoms with van der Waals surface area (Å²) in [6.45, 7) is 3.82. The normalized spacial score (nSPS) is 13.9. The number of nitrogens with zero attached hydrogens (tertiary/aromatic N) is 4. The van der Waals surface area contributed by atoms with Crippen molar-refractivity contribution in [2.24, 2.45) is 0 Å². The lowest BCUT2D eigenvalue weighted by Gasteiger charge is -2.28. The van der Waals surface area contributed by atoms with Crippen LogP contribution in [0.15, 0.2) is 73.1 Å². The number of para-hydroxylation sites is 1. The zero-order valence-electron chi connectivity index (χ0n) is 16.5. The molecule has 150 valence electrons. The van der Waals surface area contributed by atoms with Crippen LogP contribution in [0.2, 0.25) is 0 Å². The van der Waals surface area contributed by atoms with E-state index in [2.05, 4.69) is 25.5 Å². The van der Waals surface area contributed by atoms with E-state index in [4.69, 9.17) is 9.72 Å². The molecule has 1 aliphatic heterocycles. The Morgan fingerprint density at radius 1 is 0.833 bits per heavy atom. The zero-order valence-corrected chi connectivity index (χ0v) is 16.5. The predicted molar refractivity (Wildman–Crippen MR) is 119 cm³/mol. The molecule has 0 unspecified atom stereocenters. The van der Waals surface area contributed by atoms with E-state index in [0.717, 1.165) is 60.2 Å². The van der Waals surface area contributed by atoms with Gasteiger partial charge in [-0.3, -0.25) is 0 Å². The molecule has 1 aliphatic rings. The molecule has 1 saturated heterocycles. The molecular formula is C23H22N6O. The largest absolute Gasteiger partial charge is 0.457 e. The van der Waals surface area contributed by atoms with E-state index >= 15 is 0 Å². The monoisotopic (exact) mass is 398 g/mol. The van der Waals surface area contributed by atoms with Gasteiger partial charge in [-0.2, -0.15) is 0 Å². The molecule has 0 atom stereocenters. The second kappa shape index (κ2) is 8.34. The number of piperazine rings is 1. The third kappa shape index (κ3) is 4.01. The maximum atomic E-state index is 5.86. The van der Waals surface area contributed by atoms with E-state index in [9.17, 15) is 0 Å². The Labute approximate surface area is 174 Å². The lowest BCUT2D eigenvalue weighted by molar-refractivity contribution is 0.483. The van der Waals surface area contributed by atoms with E-state index in [1.807, 2.05) is 66.7 Å². The molecule has 2 N–H and O–H groups in total. The summed E-state index contributed by atoms with van der Waals surface area (Å²) in [4.78, 5) is 15.9. The molecule has 7 nitrogen and oxygen atoms in total. The van der Waals surface area contributed by atoms with Crippen molar-refractivity contribution >= 4 is 28.4 Å². The molecule has 0 aliphatic carbocycles. The average molecular weight is 398 g/mol. The van der Waals surface area contributed by atoms with Crippen LogP contribution in [0.1, 0.15) is 0 Å². The molecule has 0 spiro atoms. The lowest BCUT2D eigenvalue weighted by Crippen LogP contribution is -2.43. The SMILES string of the molecule is c1ccc(Oc2ccc(Nc3ncnc4ccc(N5CCNCC5)nc34)cc2)cc1. The molecule has 3 heterocycles. The van der Waals surface area contributed by atoms with Gasteiger partial charge in [-0.25, -0.2) is 15.0 Å². The average Bonchev–Trinajstić information content (AvgIpc) is 2.82. The Bertz CT molecular complexity index is 1130. The Balaban J connectivity index is 1.37. The Kier molecular flexibility index (Phi) is 5.10. The van der Waals surface area contributed by atoms with E-state index in [1.165, 1.54) is 0 Å². The highest BCUT2D eigenvalue weighted by Crippen LogP contribution is 2.27. The number of pyridine rings is 1. The minimum Gasteiger partial charge on any atom is -0.457 e. The van der Waals surface area contributed by atoms with Gasteiger partial charge in [0.25, 0.3) is 0 Å². The summed E-state index contributed by atoms with van der Waals surface area (Å²) in [6.07, 6.45) is 1.56. The number of fused-ring (bicyclic) bond motifs is 1. The Morgan fingerprint density at radius 2 is 1.60 bits per heavy atom. The van der Waals surface area contributed by atoms with E-state index < -0.39 is 0 Å². The summed E-state index contributed by atoms with van der Waals surface area (Å²) in [5.41, 5.74) is 2.48. The van der Waals surface area contributed by atoms with Crippen molar-refractivity contribution in [2.75, 3.05) is 36.4 Å². The standard InChI is InChI=1S/C23H22N6O/c1-2-4-18(5-3-1)30-19-8-6-17(7-9-19)27-23-22-20(25-16-26-23)10-11-21(28-22)29-14-12-24-13-15-29/h1-11,16,24H,12-15H2,(H,25,26,27). The molecule has 2 aromatic carbocycles. The van der Waals surface area contributed by atoms with Crippen LogP contribution in [0, 0.1) is 0 Å². The molecule has 5 rings (SSSR count). The maximum absolute atomic E-state index is 5.86. The van der Waals surface area contributed by atoms with Gasteiger partial charge >= 0.3 is 0 Å². The van der Waals surface area contributed by atoms with E-state index in [-0.39, 0.29) is 0 Å². The van der Waals surface area contributed by atoms with Crippen LogP contribution in [-0.4, -0.2) is 41.1 Å². The van der Waals surface area contributed by atoms with Crippen molar-refractivity contribution in [3.05, 3.63) is 73.1 Å². The number of benzene rings is 2. The molecule has 4 aromatic rings. The lowest BCUT2D eigenvalue weighted by atomic mass is 10.2. The van der Waals surface area contributed by atoms with Gasteiger partial charge in [0, 0.05) is 31.9 Å². The Morgan fingerprint density at radius 3 is 2.40 bits per heavy atom. The van der Waals surface area contributed by atoms with Crippen molar-refractivity contribution < 1.29 is 4.74 Å². The highest BCUT2D eigenvalue weighted by Gasteiger charge is 2.14. The molecular weight excluding hydrogens is 376 g/mol. The third-order valence-electron chi connectivity index (χ3n) is 5.00. The molecule has 30 heavy (non-hydrogen) atoms. The first-order valence-electron chi connectivity index (χ1n) is 10.0. The molecule has 2 aromatic heterocycles. The summed E-state index contributed by atoms with van der Waals surface area (Å²) in [7, 11) is 0. The quantitative estimate of drug-likeness (QED) is 0.527. The first-order valence-corrected chi connectivity index (χ1v) is 10.0. The molecule has 7 heteroatoms. The fourth-order valence-corrected chi connectivity index (χ4v) is 3.46.